The number of rotatable bonds is 5. The topological polar surface area (TPSA) is 41.1 Å². The van der Waals surface area contributed by atoms with Gasteiger partial charge in [-0.3, -0.25) is 4.79 Å². The van der Waals surface area contributed by atoms with E-state index in [9.17, 15) is 4.79 Å². The van der Waals surface area contributed by atoms with Crippen molar-refractivity contribution in [2.45, 2.75) is 50.7 Å². The lowest BCUT2D eigenvalue weighted by molar-refractivity contribution is -0.117. The normalized spacial score (nSPS) is 17.6. The molecule has 1 amide bonds. The first kappa shape index (κ1) is 18.3. The van der Waals surface area contributed by atoms with Crippen LogP contribution >= 0.6 is 24.2 Å². The third-order valence-corrected chi connectivity index (χ3v) is 4.80. The first-order valence-electron chi connectivity index (χ1n) is 7.32. The van der Waals surface area contributed by atoms with Crippen molar-refractivity contribution in [3.8, 4) is 0 Å². The molecule has 3 nitrogen and oxygen atoms in total. The molecule has 0 aromatic heterocycles. The summed E-state index contributed by atoms with van der Waals surface area (Å²) in [5.74, 6) is 1.09. The van der Waals surface area contributed by atoms with Gasteiger partial charge in [-0.2, -0.15) is 11.8 Å². The lowest BCUT2D eigenvalue weighted by Gasteiger charge is -2.15. The van der Waals surface area contributed by atoms with Crippen LogP contribution in [-0.2, 0) is 10.5 Å². The fraction of sp³-hybridized carbons (Fsp3) is 0.562. The third kappa shape index (κ3) is 5.20. The van der Waals surface area contributed by atoms with Gasteiger partial charge >= 0.3 is 0 Å². The number of amides is 1. The summed E-state index contributed by atoms with van der Waals surface area (Å²) in [6.07, 6.45) is 2.02. The van der Waals surface area contributed by atoms with Crippen LogP contribution < -0.4 is 10.6 Å². The molecular formula is C16H25ClN2OS. The highest BCUT2D eigenvalue weighted by atomic mass is 35.5. The van der Waals surface area contributed by atoms with Crippen LogP contribution in [0.15, 0.2) is 18.2 Å². The van der Waals surface area contributed by atoms with Gasteiger partial charge in [0.1, 0.15) is 0 Å². The first-order valence-corrected chi connectivity index (χ1v) is 8.37. The summed E-state index contributed by atoms with van der Waals surface area (Å²) in [6, 6.07) is 6.14. The van der Waals surface area contributed by atoms with Gasteiger partial charge in [0.25, 0.3) is 0 Å². The van der Waals surface area contributed by atoms with Crippen molar-refractivity contribution in [2.24, 2.45) is 0 Å². The molecule has 1 aromatic rings. The molecule has 0 spiro atoms. The highest BCUT2D eigenvalue weighted by molar-refractivity contribution is 7.99. The largest absolute Gasteiger partial charge is 0.324 e. The van der Waals surface area contributed by atoms with Gasteiger partial charge in [-0.25, -0.2) is 0 Å². The SMILES string of the molecule is Cc1c(CSC(C)C)cccc1NC(=O)C1CCCN1.Cl. The molecule has 2 rings (SSSR count). The highest BCUT2D eigenvalue weighted by Gasteiger charge is 2.22. The van der Waals surface area contributed by atoms with Crippen molar-refractivity contribution >= 4 is 35.8 Å². The maximum Gasteiger partial charge on any atom is 0.241 e. The van der Waals surface area contributed by atoms with Crippen molar-refractivity contribution in [3.63, 3.8) is 0 Å². The molecule has 1 aliphatic heterocycles. The number of hydrogen-bond acceptors (Lipinski definition) is 3. The van der Waals surface area contributed by atoms with Gasteiger partial charge in [0.2, 0.25) is 5.91 Å². The van der Waals surface area contributed by atoms with E-state index in [-0.39, 0.29) is 24.4 Å². The Morgan fingerprint density at radius 1 is 1.48 bits per heavy atom. The monoisotopic (exact) mass is 328 g/mol. The number of anilines is 1. The fourth-order valence-electron chi connectivity index (χ4n) is 2.36. The predicted octanol–water partition coefficient (Wildman–Crippen LogP) is 3.75. The molecule has 1 atom stereocenters. The van der Waals surface area contributed by atoms with E-state index < -0.39 is 0 Å². The van der Waals surface area contributed by atoms with Crippen LogP contribution in [-0.4, -0.2) is 23.7 Å². The second kappa shape index (κ2) is 8.66. The minimum atomic E-state index is -0.0249. The average Bonchev–Trinajstić information content (AvgIpc) is 2.93. The fourth-order valence-corrected chi connectivity index (χ4v) is 3.19. The number of carbonyl (C=O) groups excluding carboxylic acids is 1. The van der Waals surface area contributed by atoms with Gasteiger partial charge < -0.3 is 10.6 Å². The molecule has 0 aliphatic carbocycles. The van der Waals surface area contributed by atoms with Gasteiger partial charge in [0.05, 0.1) is 6.04 Å². The highest BCUT2D eigenvalue weighted by Crippen LogP contribution is 2.25. The van der Waals surface area contributed by atoms with Crippen molar-refractivity contribution in [3.05, 3.63) is 29.3 Å². The average molecular weight is 329 g/mol. The van der Waals surface area contributed by atoms with E-state index in [1.54, 1.807) is 0 Å². The summed E-state index contributed by atoms with van der Waals surface area (Å²) in [4.78, 5) is 12.2. The van der Waals surface area contributed by atoms with Crippen molar-refractivity contribution in [1.29, 1.82) is 0 Å². The molecule has 0 saturated carbocycles. The molecule has 1 aliphatic rings. The number of carbonyl (C=O) groups is 1. The minimum absolute atomic E-state index is 0. The Bertz CT molecular complexity index is 473. The maximum absolute atomic E-state index is 12.2. The van der Waals surface area contributed by atoms with E-state index in [1.165, 1.54) is 11.1 Å². The number of nitrogens with one attached hydrogen (secondary N) is 2. The van der Waals surface area contributed by atoms with Gasteiger partial charge in [0.15, 0.2) is 0 Å². The second-order valence-electron chi connectivity index (χ2n) is 5.59. The van der Waals surface area contributed by atoms with Crippen LogP contribution in [0.1, 0.15) is 37.8 Å². The first-order chi connectivity index (χ1) is 9.58. The Balaban J connectivity index is 0.00000220. The van der Waals surface area contributed by atoms with Gasteiger partial charge in [-0.15, -0.1) is 12.4 Å². The minimum Gasteiger partial charge on any atom is -0.324 e. The summed E-state index contributed by atoms with van der Waals surface area (Å²) in [5, 5.41) is 6.92. The van der Waals surface area contributed by atoms with Gasteiger partial charge in [0, 0.05) is 11.4 Å². The Kier molecular flexibility index (Phi) is 7.57. The van der Waals surface area contributed by atoms with Gasteiger partial charge in [-0.1, -0.05) is 26.0 Å². The Morgan fingerprint density at radius 2 is 2.24 bits per heavy atom. The number of benzene rings is 1. The molecule has 0 radical (unpaired) electrons. The quantitative estimate of drug-likeness (QED) is 0.865. The molecule has 5 heteroatoms. The molecule has 1 fully saturated rings. The summed E-state index contributed by atoms with van der Waals surface area (Å²) >= 11 is 1.93. The molecule has 0 bridgehead atoms. The van der Waals surface area contributed by atoms with Crippen LogP contribution in [0.2, 0.25) is 0 Å². The third-order valence-electron chi connectivity index (χ3n) is 3.65. The lowest BCUT2D eigenvalue weighted by Crippen LogP contribution is -2.35. The summed E-state index contributed by atoms with van der Waals surface area (Å²) in [5.41, 5.74) is 3.44. The summed E-state index contributed by atoms with van der Waals surface area (Å²) < 4.78 is 0. The second-order valence-corrected chi connectivity index (χ2v) is 7.15. The Hall–Kier alpha value is -0.710. The molecule has 1 aromatic carbocycles. The molecular weight excluding hydrogens is 304 g/mol. The molecule has 118 valence electrons. The van der Waals surface area contributed by atoms with Crippen LogP contribution in [0.25, 0.3) is 0 Å². The summed E-state index contributed by atoms with van der Waals surface area (Å²) in [7, 11) is 0. The molecule has 1 heterocycles. The van der Waals surface area contributed by atoms with Gasteiger partial charge in [-0.05, 0) is 48.8 Å². The Labute approximate surface area is 138 Å². The Morgan fingerprint density at radius 3 is 2.86 bits per heavy atom. The van der Waals surface area contributed by atoms with E-state index in [4.69, 9.17) is 0 Å². The van der Waals surface area contributed by atoms with Crippen molar-refractivity contribution in [1.82, 2.24) is 5.32 Å². The zero-order valence-electron chi connectivity index (χ0n) is 12.9. The number of hydrogen-bond donors (Lipinski definition) is 2. The zero-order valence-corrected chi connectivity index (χ0v) is 14.6. The van der Waals surface area contributed by atoms with E-state index in [1.807, 2.05) is 23.9 Å². The van der Waals surface area contributed by atoms with E-state index in [2.05, 4.69) is 37.5 Å². The predicted molar refractivity (Wildman–Crippen MR) is 94.5 cm³/mol. The van der Waals surface area contributed by atoms with Crippen molar-refractivity contribution in [2.75, 3.05) is 11.9 Å². The number of thioether (sulfide) groups is 1. The zero-order chi connectivity index (χ0) is 14.5. The van der Waals surface area contributed by atoms with Crippen molar-refractivity contribution < 1.29 is 4.79 Å². The van der Waals surface area contributed by atoms with Crippen LogP contribution in [0, 0.1) is 6.92 Å². The number of halogens is 1. The molecule has 2 N–H and O–H groups in total. The van der Waals surface area contributed by atoms with E-state index >= 15 is 0 Å². The maximum atomic E-state index is 12.2. The van der Waals surface area contributed by atoms with E-state index in [0.29, 0.717) is 5.25 Å². The molecule has 1 saturated heterocycles. The lowest BCUT2D eigenvalue weighted by atomic mass is 10.1. The van der Waals surface area contributed by atoms with Crippen LogP contribution in [0.4, 0.5) is 5.69 Å². The van der Waals surface area contributed by atoms with E-state index in [0.717, 1.165) is 30.8 Å². The van der Waals surface area contributed by atoms with Crippen LogP contribution in [0.5, 0.6) is 0 Å². The standard InChI is InChI=1S/C16H24N2OS.ClH/c1-11(2)20-10-13-6-4-7-14(12(13)3)18-16(19)15-8-5-9-17-15;/h4,6-7,11,15,17H,5,8-10H2,1-3H3,(H,18,19);1H. The molecule has 1 unspecified atom stereocenters. The smallest absolute Gasteiger partial charge is 0.241 e. The summed E-state index contributed by atoms with van der Waals surface area (Å²) in [6.45, 7) is 7.45. The molecule has 21 heavy (non-hydrogen) atoms. The van der Waals surface area contributed by atoms with Crippen LogP contribution in [0.3, 0.4) is 0 Å².